The summed E-state index contributed by atoms with van der Waals surface area (Å²) < 4.78 is 0. The van der Waals surface area contributed by atoms with Crippen molar-refractivity contribution in [2.45, 2.75) is 20.3 Å². The molecule has 0 unspecified atom stereocenters. The first kappa shape index (κ1) is 18.0. The number of aryl methyl sites for hydroxylation is 1. The van der Waals surface area contributed by atoms with Crippen LogP contribution in [0.1, 0.15) is 18.1 Å². The SMILES string of the molecule is CC(=O)N1CCN(c2ccc(NC(=O)Cc3cccc(C)c3)cc2)CC1. The molecule has 0 aliphatic carbocycles. The maximum atomic E-state index is 12.2. The molecule has 1 heterocycles. The van der Waals surface area contributed by atoms with Crippen molar-refractivity contribution >= 4 is 23.2 Å². The Kier molecular flexibility index (Phi) is 5.56. The van der Waals surface area contributed by atoms with Crippen LogP contribution in [0.4, 0.5) is 11.4 Å². The Hall–Kier alpha value is -2.82. The van der Waals surface area contributed by atoms with E-state index in [1.165, 1.54) is 0 Å². The van der Waals surface area contributed by atoms with Crippen molar-refractivity contribution in [3.8, 4) is 0 Å². The summed E-state index contributed by atoms with van der Waals surface area (Å²) in [5, 5.41) is 2.95. The number of hydrogen-bond donors (Lipinski definition) is 1. The van der Waals surface area contributed by atoms with E-state index in [0.29, 0.717) is 6.42 Å². The van der Waals surface area contributed by atoms with Crippen LogP contribution in [0, 0.1) is 6.92 Å². The molecule has 26 heavy (non-hydrogen) atoms. The lowest BCUT2D eigenvalue weighted by molar-refractivity contribution is -0.129. The van der Waals surface area contributed by atoms with Crippen LogP contribution in [0.15, 0.2) is 48.5 Å². The quantitative estimate of drug-likeness (QED) is 0.922. The monoisotopic (exact) mass is 351 g/mol. The maximum absolute atomic E-state index is 12.2. The largest absolute Gasteiger partial charge is 0.368 e. The highest BCUT2D eigenvalue weighted by atomic mass is 16.2. The van der Waals surface area contributed by atoms with Crippen LogP contribution >= 0.6 is 0 Å². The summed E-state index contributed by atoms with van der Waals surface area (Å²) in [6.45, 7) is 6.81. The molecule has 0 bridgehead atoms. The van der Waals surface area contributed by atoms with E-state index < -0.39 is 0 Å². The minimum absolute atomic E-state index is 0.0153. The molecule has 1 aliphatic heterocycles. The number of amides is 2. The smallest absolute Gasteiger partial charge is 0.228 e. The number of nitrogens with one attached hydrogen (secondary N) is 1. The van der Waals surface area contributed by atoms with Gasteiger partial charge in [-0.05, 0) is 36.8 Å². The molecule has 136 valence electrons. The molecule has 2 aromatic carbocycles. The molecule has 3 rings (SSSR count). The predicted octanol–water partition coefficient (Wildman–Crippen LogP) is 2.84. The van der Waals surface area contributed by atoms with Crippen LogP contribution in [0.2, 0.25) is 0 Å². The van der Waals surface area contributed by atoms with Crippen molar-refractivity contribution in [1.29, 1.82) is 0 Å². The summed E-state index contributed by atoms with van der Waals surface area (Å²) in [5.41, 5.74) is 4.09. The molecule has 0 radical (unpaired) electrons. The summed E-state index contributed by atoms with van der Waals surface area (Å²) in [4.78, 5) is 27.8. The van der Waals surface area contributed by atoms with Crippen molar-refractivity contribution in [3.05, 3.63) is 59.7 Å². The first-order chi connectivity index (χ1) is 12.5. The molecule has 0 spiro atoms. The molecular weight excluding hydrogens is 326 g/mol. The van der Waals surface area contributed by atoms with E-state index in [1.807, 2.05) is 60.4 Å². The average molecular weight is 351 g/mol. The molecule has 2 aromatic rings. The highest BCUT2D eigenvalue weighted by Crippen LogP contribution is 2.20. The standard InChI is InChI=1S/C21H25N3O2/c1-16-4-3-5-18(14-16)15-21(26)22-19-6-8-20(9-7-19)24-12-10-23(11-13-24)17(2)25/h3-9,14H,10-13,15H2,1-2H3,(H,22,26). The Bertz CT molecular complexity index is 778. The van der Waals surface area contributed by atoms with Crippen LogP contribution in [0.3, 0.4) is 0 Å². The molecular formula is C21H25N3O2. The van der Waals surface area contributed by atoms with Gasteiger partial charge >= 0.3 is 0 Å². The van der Waals surface area contributed by atoms with Gasteiger partial charge in [0.1, 0.15) is 0 Å². The van der Waals surface area contributed by atoms with Gasteiger partial charge in [0.15, 0.2) is 0 Å². The fourth-order valence-corrected chi connectivity index (χ4v) is 3.25. The summed E-state index contributed by atoms with van der Waals surface area (Å²) in [7, 11) is 0. The normalized spacial score (nSPS) is 14.2. The van der Waals surface area contributed by atoms with Gasteiger partial charge in [-0.15, -0.1) is 0 Å². The summed E-state index contributed by atoms with van der Waals surface area (Å²) in [6.07, 6.45) is 0.371. The Morgan fingerprint density at radius 1 is 1.00 bits per heavy atom. The van der Waals surface area contributed by atoms with Crippen molar-refractivity contribution in [2.75, 3.05) is 36.4 Å². The average Bonchev–Trinajstić information content (AvgIpc) is 2.62. The third kappa shape index (κ3) is 4.63. The molecule has 2 amide bonds. The van der Waals surface area contributed by atoms with Crippen molar-refractivity contribution in [1.82, 2.24) is 4.90 Å². The molecule has 0 atom stereocenters. The van der Waals surface area contributed by atoms with Crippen LogP contribution in [0.5, 0.6) is 0 Å². The fourth-order valence-electron chi connectivity index (χ4n) is 3.25. The highest BCUT2D eigenvalue weighted by Gasteiger charge is 2.18. The van der Waals surface area contributed by atoms with Crippen molar-refractivity contribution in [2.24, 2.45) is 0 Å². The van der Waals surface area contributed by atoms with Gasteiger partial charge in [-0.1, -0.05) is 29.8 Å². The number of anilines is 2. The van der Waals surface area contributed by atoms with Crippen LogP contribution in [0.25, 0.3) is 0 Å². The lowest BCUT2D eigenvalue weighted by Crippen LogP contribution is -2.48. The van der Waals surface area contributed by atoms with E-state index in [1.54, 1.807) is 6.92 Å². The van der Waals surface area contributed by atoms with Crippen LogP contribution < -0.4 is 10.2 Å². The van der Waals surface area contributed by atoms with Gasteiger partial charge in [0.05, 0.1) is 6.42 Å². The maximum Gasteiger partial charge on any atom is 0.228 e. The third-order valence-corrected chi connectivity index (χ3v) is 4.69. The van der Waals surface area contributed by atoms with E-state index in [4.69, 9.17) is 0 Å². The van der Waals surface area contributed by atoms with Gasteiger partial charge in [0.2, 0.25) is 11.8 Å². The van der Waals surface area contributed by atoms with Gasteiger partial charge < -0.3 is 15.1 Å². The minimum atomic E-state index is -0.0153. The van der Waals surface area contributed by atoms with E-state index in [-0.39, 0.29) is 11.8 Å². The zero-order chi connectivity index (χ0) is 18.5. The van der Waals surface area contributed by atoms with E-state index in [2.05, 4.69) is 10.2 Å². The molecule has 5 heteroatoms. The van der Waals surface area contributed by atoms with Crippen LogP contribution in [-0.2, 0) is 16.0 Å². The van der Waals surface area contributed by atoms with Crippen LogP contribution in [-0.4, -0.2) is 42.9 Å². The zero-order valence-corrected chi connectivity index (χ0v) is 15.4. The first-order valence-corrected chi connectivity index (χ1v) is 8.97. The number of hydrogen-bond acceptors (Lipinski definition) is 3. The number of rotatable bonds is 4. The Morgan fingerprint density at radius 3 is 2.31 bits per heavy atom. The van der Waals surface area contributed by atoms with E-state index in [0.717, 1.165) is 48.7 Å². The Morgan fingerprint density at radius 2 is 1.69 bits per heavy atom. The second-order valence-corrected chi connectivity index (χ2v) is 6.75. The molecule has 1 N–H and O–H groups in total. The number of nitrogens with zero attached hydrogens (tertiary/aromatic N) is 2. The summed E-state index contributed by atoms with van der Waals surface area (Å²) >= 11 is 0. The highest BCUT2D eigenvalue weighted by molar-refractivity contribution is 5.92. The van der Waals surface area contributed by atoms with Gasteiger partial charge in [-0.25, -0.2) is 0 Å². The molecule has 5 nitrogen and oxygen atoms in total. The second-order valence-electron chi connectivity index (χ2n) is 6.75. The number of benzene rings is 2. The Balaban J connectivity index is 1.54. The summed E-state index contributed by atoms with van der Waals surface area (Å²) in [5.74, 6) is 0.120. The number of piperazine rings is 1. The topological polar surface area (TPSA) is 52.7 Å². The molecule has 1 saturated heterocycles. The van der Waals surface area contributed by atoms with E-state index in [9.17, 15) is 9.59 Å². The Labute approximate surface area is 154 Å². The van der Waals surface area contributed by atoms with Gasteiger partial charge in [-0.2, -0.15) is 0 Å². The lowest BCUT2D eigenvalue weighted by atomic mass is 10.1. The van der Waals surface area contributed by atoms with Gasteiger partial charge in [0.25, 0.3) is 0 Å². The molecule has 0 aromatic heterocycles. The van der Waals surface area contributed by atoms with Gasteiger partial charge in [-0.3, -0.25) is 9.59 Å². The summed E-state index contributed by atoms with van der Waals surface area (Å²) in [6, 6.07) is 15.9. The molecule has 1 aliphatic rings. The van der Waals surface area contributed by atoms with E-state index >= 15 is 0 Å². The fraction of sp³-hybridized carbons (Fsp3) is 0.333. The zero-order valence-electron chi connectivity index (χ0n) is 15.4. The number of carbonyl (C=O) groups excluding carboxylic acids is 2. The van der Waals surface area contributed by atoms with Crippen molar-refractivity contribution in [3.63, 3.8) is 0 Å². The van der Waals surface area contributed by atoms with Gasteiger partial charge in [0, 0.05) is 44.5 Å². The second kappa shape index (κ2) is 8.04. The third-order valence-electron chi connectivity index (χ3n) is 4.69. The first-order valence-electron chi connectivity index (χ1n) is 8.97. The number of carbonyl (C=O) groups is 2. The van der Waals surface area contributed by atoms with Crippen molar-refractivity contribution < 1.29 is 9.59 Å². The molecule has 1 fully saturated rings. The lowest BCUT2D eigenvalue weighted by Gasteiger charge is -2.35. The predicted molar refractivity (Wildman–Crippen MR) is 104 cm³/mol. The molecule has 0 saturated carbocycles. The minimum Gasteiger partial charge on any atom is -0.368 e.